The molecule has 2 atom stereocenters. The molecule has 0 saturated carbocycles. The van der Waals surface area contributed by atoms with Gasteiger partial charge in [-0.2, -0.15) is 0 Å². The first-order valence-electron chi connectivity index (χ1n) is 5.60. The summed E-state index contributed by atoms with van der Waals surface area (Å²) in [6.07, 6.45) is 2.59. The maximum absolute atomic E-state index is 5.91. The molecule has 0 aromatic heterocycles. The summed E-state index contributed by atoms with van der Waals surface area (Å²) in [6.45, 7) is 3.01. The van der Waals surface area contributed by atoms with Gasteiger partial charge < -0.3 is 15.8 Å². The van der Waals surface area contributed by atoms with E-state index < -0.39 is 0 Å². The minimum Gasteiger partial charge on any atom is -0.397 e. The monoisotopic (exact) mass is 284 g/mol. The molecule has 16 heavy (non-hydrogen) atoms. The third-order valence-corrected chi connectivity index (χ3v) is 3.41. The lowest BCUT2D eigenvalue weighted by atomic mass is 10.1. The van der Waals surface area contributed by atoms with Gasteiger partial charge in [-0.3, -0.25) is 0 Å². The van der Waals surface area contributed by atoms with Crippen LogP contribution < -0.4 is 11.1 Å². The molecule has 0 spiro atoms. The highest BCUT2D eigenvalue weighted by Crippen LogP contribution is 2.26. The van der Waals surface area contributed by atoms with Gasteiger partial charge in [0, 0.05) is 17.1 Å². The first kappa shape index (κ1) is 11.7. The van der Waals surface area contributed by atoms with E-state index in [9.17, 15) is 0 Å². The molecule has 0 amide bonds. The Morgan fingerprint density at radius 3 is 3.06 bits per heavy atom. The average molecular weight is 285 g/mol. The molecule has 3 N–H and O–H groups in total. The normalized spacial score (nSPS) is 22.0. The summed E-state index contributed by atoms with van der Waals surface area (Å²) in [6, 6.07) is 6.13. The number of hydrogen-bond donors (Lipinski definition) is 2. The summed E-state index contributed by atoms with van der Waals surface area (Å²) in [4.78, 5) is 0. The van der Waals surface area contributed by atoms with Gasteiger partial charge in [-0.1, -0.05) is 15.9 Å². The molecule has 0 aliphatic carbocycles. The Morgan fingerprint density at radius 2 is 2.38 bits per heavy atom. The largest absolute Gasteiger partial charge is 0.397 e. The fraction of sp³-hybridized carbons (Fsp3) is 0.500. The van der Waals surface area contributed by atoms with Crippen LogP contribution in [0.4, 0.5) is 11.4 Å². The van der Waals surface area contributed by atoms with Gasteiger partial charge in [0.15, 0.2) is 0 Å². The number of halogens is 1. The van der Waals surface area contributed by atoms with Crippen molar-refractivity contribution in [1.82, 2.24) is 0 Å². The molecule has 3 nitrogen and oxygen atoms in total. The van der Waals surface area contributed by atoms with Crippen molar-refractivity contribution < 1.29 is 4.74 Å². The zero-order valence-electron chi connectivity index (χ0n) is 9.37. The fourth-order valence-corrected chi connectivity index (χ4v) is 2.35. The third kappa shape index (κ3) is 2.68. The van der Waals surface area contributed by atoms with Gasteiger partial charge in [0.05, 0.1) is 17.5 Å². The standard InChI is InChI=1S/C12H17BrN2O/c1-8(12-3-2-6-16-12)15-11-7-9(13)4-5-10(11)14/h4-5,7-8,12,15H,2-3,6,14H2,1H3. The number of ether oxygens (including phenoxy) is 1. The summed E-state index contributed by atoms with van der Waals surface area (Å²) in [7, 11) is 0. The Morgan fingerprint density at radius 1 is 1.56 bits per heavy atom. The number of nitrogens with one attached hydrogen (secondary N) is 1. The molecule has 2 unspecified atom stereocenters. The molecule has 1 heterocycles. The van der Waals surface area contributed by atoms with Gasteiger partial charge in [-0.25, -0.2) is 0 Å². The molecular weight excluding hydrogens is 268 g/mol. The maximum Gasteiger partial charge on any atom is 0.0774 e. The van der Waals surface area contributed by atoms with Crippen LogP contribution in [0.25, 0.3) is 0 Å². The molecule has 4 heteroatoms. The predicted octanol–water partition coefficient (Wildman–Crippen LogP) is 3.01. The van der Waals surface area contributed by atoms with Crippen LogP contribution in [0.15, 0.2) is 22.7 Å². The summed E-state index contributed by atoms with van der Waals surface area (Å²) < 4.78 is 6.67. The molecule has 1 aromatic carbocycles. The van der Waals surface area contributed by atoms with Crippen LogP contribution >= 0.6 is 15.9 Å². The highest BCUT2D eigenvalue weighted by Gasteiger charge is 2.22. The Hall–Kier alpha value is -0.740. The van der Waals surface area contributed by atoms with Crippen LogP contribution in [0.5, 0.6) is 0 Å². The van der Waals surface area contributed by atoms with Gasteiger partial charge in [0.2, 0.25) is 0 Å². The van der Waals surface area contributed by atoms with Crippen molar-refractivity contribution in [3.63, 3.8) is 0 Å². The SMILES string of the molecule is CC(Nc1cc(Br)ccc1N)C1CCCO1. The van der Waals surface area contributed by atoms with Crippen LogP contribution in [0.1, 0.15) is 19.8 Å². The van der Waals surface area contributed by atoms with Gasteiger partial charge in [0.1, 0.15) is 0 Å². The van der Waals surface area contributed by atoms with Crippen molar-refractivity contribution >= 4 is 27.3 Å². The minimum absolute atomic E-state index is 0.291. The lowest BCUT2D eigenvalue weighted by Gasteiger charge is -2.22. The summed E-state index contributed by atoms with van der Waals surface area (Å²) in [5.74, 6) is 0. The van der Waals surface area contributed by atoms with Crippen LogP contribution in [0.3, 0.4) is 0 Å². The topological polar surface area (TPSA) is 47.3 Å². The first-order chi connectivity index (χ1) is 7.66. The van der Waals surface area contributed by atoms with Gasteiger partial charge in [-0.15, -0.1) is 0 Å². The summed E-state index contributed by atoms with van der Waals surface area (Å²) in [5, 5.41) is 3.41. The lowest BCUT2D eigenvalue weighted by molar-refractivity contribution is 0.0997. The second-order valence-electron chi connectivity index (χ2n) is 4.22. The van der Waals surface area contributed by atoms with E-state index in [1.54, 1.807) is 0 Å². The zero-order chi connectivity index (χ0) is 11.5. The Bertz CT molecular complexity index is 364. The average Bonchev–Trinajstić information content (AvgIpc) is 2.76. The smallest absolute Gasteiger partial charge is 0.0774 e. The minimum atomic E-state index is 0.291. The molecule has 88 valence electrons. The van der Waals surface area contributed by atoms with Crippen molar-refractivity contribution in [2.24, 2.45) is 0 Å². The predicted molar refractivity (Wildman–Crippen MR) is 70.6 cm³/mol. The van der Waals surface area contributed by atoms with Crippen molar-refractivity contribution in [2.75, 3.05) is 17.7 Å². The van der Waals surface area contributed by atoms with Crippen LogP contribution in [0.2, 0.25) is 0 Å². The molecule has 1 fully saturated rings. The molecule has 1 saturated heterocycles. The maximum atomic E-state index is 5.91. The lowest BCUT2D eigenvalue weighted by Crippen LogP contribution is -2.30. The highest BCUT2D eigenvalue weighted by molar-refractivity contribution is 9.10. The van der Waals surface area contributed by atoms with Crippen LogP contribution in [-0.4, -0.2) is 18.8 Å². The Labute approximate surface area is 104 Å². The van der Waals surface area contributed by atoms with Crippen LogP contribution in [0, 0.1) is 0 Å². The van der Waals surface area contributed by atoms with E-state index in [4.69, 9.17) is 10.5 Å². The third-order valence-electron chi connectivity index (χ3n) is 2.92. The number of benzene rings is 1. The van der Waals surface area contributed by atoms with E-state index >= 15 is 0 Å². The Kier molecular flexibility index (Phi) is 3.71. The second kappa shape index (κ2) is 5.06. The van der Waals surface area contributed by atoms with Crippen molar-refractivity contribution in [3.05, 3.63) is 22.7 Å². The second-order valence-corrected chi connectivity index (χ2v) is 5.13. The van der Waals surface area contributed by atoms with Gasteiger partial charge >= 0.3 is 0 Å². The quantitative estimate of drug-likeness (QED) is 0.839. The zero-order valence-corrected chi connectivity index (χ0v) is 11.0. The van der Waals surface area contributed by atoms with Crippen molar-refractivity contribution in [1.29, 1.82) is 0 Å². The summed E-state index contributed by atoms with van der Waals surface area (Å²) >= 11 is 3.44. The highest BCUT2D eigenvalue weighted by atomic mass is 79.9. The molecule has 2 rings (SSSR count). The van der Waals surface area contributed by atoms with Gasteiger partial charge in [-0.05, 0) is 38.0 Å². The summed E-state index contributed by atoms with van der Waals surface area (Å²) in [5.41, 5.74) is 7.65. The number of hydrogen-bond acceptors (Lipinski definition) is 3. The molecule has 0 radical (unpaired) electrons. The first-order valence-corrected chi connectivity index (χ1v) is 6.39. The van der Waals surface area contributed by atoms with E-state index in [-0.39, 0.29) is 0 Å². The molecule has 1 aliphatic rings. The number of nitrogen functional groups attached to an aromatic ring is 1. The van der Waals surface area contributed by atoms with E-state index in [0.717, 1.165) is 35.3 Å². The van der Waals surface area contributed by atoms with E-state index in [2.05, 4.69) is 28.2 Å². The van der Waals surface area contributed by atoms with E-state index in [1.165, 1.54) is 0 Å². The van der Waals surface area contributed by atoms with E-state index in [1.807, 2.05) is 18.2 Å². The number of rotatable bonds is 3. The number of nitrogens with two attached hydrogens (primary N) is 1. The molecule has 0 bridgehead atoms. The Balaban J connectivity index is 2.04. The fourth-order valence-electron chi connectivity index (χ4n) is 1.99. The van der Waals surface area contributed by atoms with Gasteiger partial charge in [0.25, 0.3) is 0 Å². The van der Waals surface area contributed by atoms with Crippen molar-refractivity contribution in [2.45, 2.75) is 31.9 Å². The molecular formula is C12H17BrN2O. The van der Waals surface area contributed by atoms with E-state index in [0.29, 0.717) is 12.1 Å². The number of anilines is 2. The van der Waals surface area contributed by atoms with Crippen molar-refractivity contribution in [3.8, 4) is 0 Å². The molecule has 1 aliphatic heterocycles. The van der Waals surface area contributed by atoms with Crippen LogP contribution in [-0.2, 0) is 4.74 Å². The molecule has 1 aromatic rings.